The van der Waals surface area contributed by atoms with Crippen LogP contribution in [0.4, 0.5) is 0 Å². The first-order chi connectivity index (χ1) is 9.29. The molecule has 0 atom stereocenters. The molecule has 0 aromatic heterocycles. The molecule has 0 spiro atoms. The minimum atomic E-state index is -0.323. The van der Waals surface area contributed by atoms with Gasteiger partial charge in [0.1, 0.15) is 6.61 Å². The highest BCUT2D eigenvalue weighted by Gasteiger charge is 2.23. The van der Waals surface area contributed by atoms with E-state index in [2.05, 4.69) is 18.7 Å². The van der Waals surface area contributed by atoms with E-state index in [-0.39, 0.29) is 17.8 Å². The Bertz CT molecular complexity index is 292. The molecule has 0 aromatic carbocycles. The lowest BCUT2D eigenvalue weighted by Crippen LogP contribution is -2.48. The summed E-state index contributed by atoms with van der Waals surface area (Å²) in [4.78, 5) is 19.8. The van der Waals surface area contributed by atoms with Gasteiger partial charge in [0.25, 0.3) is 0 Å². The van der Waals surface area contributed by atoms with Crippen LogP contribution in [0.3, 0.4) is 0 Å². The van der Waals surface area contributed by atoms with E-state index in [0.29, 0.717) is 6.10 Å². The summed E-state index contributed by atoms with van der Waals surface area (Å²) in [6, 6.07) is 0. The van der Waals surface area contributed by atoms with Crippen molar-refractivity contribution in [2.75, 3.05) is 45.9 Å². The van der Waals surface area contributed by atoms with Crippen LogP contribution >= 0.6 is 0 Å². The monoisotopic (exact) mass is 286 g/mol. The quantitative estimate of drug-likeness (QED) is 0.711. The van der Waals surface area contributed by atoms with E-state index in [4.69, 9.17) is 9.57 Å². The van der Waals surface area contributed by atoms with Gasteiger partial charge in [0.05, 0.1) is 12.7 Å². The van der Waals surface area contributed by atoms with E-state index in [1.54, 1.807) is 0 Å². The number of piperazine rings is 1. The Morgan fingerprint density at radius 1 is 1.15 bits per heavy atom. The number of carbonyl (C=O) groups is 1. The summed E-state index contributed by atoms with van der Waals surface area (Å²) in [5, 5.41) is 1.91. The fourth-order valence-corrected chi connectivity index (χ4v) is 1.87. The van der Waals surface area contributed by atoms with Gasteiger partial charge >= 0.3 is 0 Å². The maximum absolute atomic E-state index is 11.8. The van der Waals surface area contributed by atoms with Crippen molar-refractivity contribution in [3.05, 3.63) is 0 Å². The number of hydrogen-bond donors (Lipinski definition) is 0. The first-order valence-electron chi connectivity index (χ1n) is 7.54. The summed E-state index contributed by atoms with van der Waals surface area (Å²) in [7, 11) is 0. The Kier molecular flexibility index (Phi) is 7.09. The summed E-state index contributed by atoms with van der Waals surface area (Å²) in [6.07, 6.45) is 0.294. The maximum atomic E-state index is 11.8. The van der Waals surface area contributed by atoms with Crippen molar-refractivity contribution in [3.8, 4) is 0 Å². The molecule has 1 aliphatic rings. The minimum absolute atomic E-state index is 0.144. The van der Waals surface area contributed by atoms with E-state index >= 15 is 0 Å². The zero-order valence-electron chi connectivity index (χ0n) is 13.6. The van der Waals surface area contributed by atoms with Gasteiger partial charge in [0.2, 0.25) is 0 Å². The van der Waals surface area contributed by atoms with Crippen molar-refractivity contribution in [1.29, 1.82) is 0 Å². The topological polar surface area (TPSA) is 42.0 Å². The molecule has 0 aliphatic carbocycles. The van der Waals surface area contributed by atoms with Crippen LogP contribution in [-0.4, -0.2) is 67.8 Å². The van der Waals surface area contributed by atoms with Crippen LogP contribution in [0.1, 0.15) is 34.6 Å². The molecule has 0 bridgehead atoms. The third-order valence-electron chi connectivity index (χ3n) is 3.40. The third kappa shape index (κ3) is 6.79. The summed E-state index contributed by atoms with van der Waals surface area (Å²) >= 11 is 0. The van der Waals surface area contributed by atoms with E-state index in [0.717, 1.165) is 39.3 Å². The number of ether oxygens (including phenoxy) is 1. The van der Waals surface area contributed by atoms with Crippen LogP contribution in [0, 0.1) is 5.41 Å². The SMILES string of the molecule is CC(C)OCCN1CCN(OCC(=O)C(C)(C)C)CC1. The summed E-state index contributed by atoms with van der Waals surface area (Å²) < 4.78 is 5.56. The zero-order valence-corrected chi connectivity index (χ0v) is 13.6. The van der Waals surface area contributed by atoms with Gasteiger partial charge in [-0.15, -0.1) is 0 Å². The smallest absolute Gasteiger partial charge is 0.165 e. The van der Waals surface area contributed by atoms with Crippen LogP contribution in [0.25, 0.3) is 0 Å². The molecule has 1 aliphatic heterocycles. The second-order valence-corrected chi connectivity index (χ2v) is 6.64. The fraction of sp³-hybridized carbons (Fsp3) is 0.933. The second-order valence-electron chi connectivity index (χ2n) is 6.64. The molecule has 0 radical (unpaired) electrons. The van der Waals surface area contributed by atoms with Crippen LogP contribution < -0.4 is 0 Å². The summed E-state index contributed by atoms with van der Waals surface area (Å²) in [5.41, 5.74) is -0.323. The second kappa shape index (κ2) is 8.08. The van der Waals surface area contributed by atoms with Gasteiger partial charge in [-0.1, -0.05) is 20.8 Å². The van der Waals surface area contributed by atoms with Gasteiger partial charge in [-0.05, 0) is 13.8 Å². The summed E-state index contributed by atoms with van der Waals surface area (Å²) in [5.74, 6) is 0.144. The van der Waals surface area contributed by atoms with Crippen LogP contribution in [0.15, 0.2) is 0 Å². The molecule has 5 heteroatoms. The number of Topliss-reactive ketones (excluding diaryl/α,β-unsaturated/α-hetero) is 1. The van der Waals surface area contributed by atoms with Crippen molar-refractivity contribution in [1.82, 2.24) is 9.96 Å². The van der Waals surface area contributed by atoms with Gasteiger partial charge in [-0.25, -0.2) is 0 Å². The number of hydroxylamine groups is 2. The third-order valence-corrected chi connectivity index (χ3v) is 3.40. The van der Waals surface area contributed by atoms with E-state index in [1.807, 2.05) is 25.8 Å². The van der Waals surface area contributed by atoms with Crippen molar-refractivity contribution < 1.29 is 14.4 Å². The lowest BCUT2D eigenvalue weighted by molar-refractivity contribution is -0.185. The lowest BCUT2D eigenvalue weighted by Gasteiger charge is -2.34. The largest absolute Gasteiger partial charge is 0.377 e. The molecule has 0 unspecified atom stereocenters. The molecule has 1 rings (SSSR count). The molecule has 0 amide bonds. The summed E-state index contributed by atoms with van der Waals surface area (Å²) in [6.45, 7) is 15.4. The van der Waals surface area contributed by atoms with Crippen LogP contribution in [0.2, 0.25) is 0 Å². The van der Waals surface area contributed by atoms with Crippen molar-refractivity contribution >= 4 is 5.78 Å². The molecular formula is C15H30N2O3. The standard InChI is InChI=1S/C15H30N2O3/c1-13(2)19-11-10-16-6-8-17(9-7-16)20-12-14(18)15(3,4)5/h13H,6-12H2,1-5H3. The Morgan fingerprint density at radius 2 is 1.75 bits per heavy atom. The number of ketones is 1. The molecule has 0 N–H and O–H groups in total. The molecule has 1 saturated heterocycles. The normalized spacial score (nSPS) is 18.7. The highest BCUT2D eigenvalue weighted by molar-refractivity contribution is 5.84. The van der Waals surface area contributed by atoms with Crippen molar-refractivity contribution in [2.45, 2.75) is 40.7 Å². The molecule has 5 nitrogen and oxygen atoms in total. The van der Waals surface area contributed by atoms with Gasteiger partial charge in [-0.3, -0.25) is 14.5 Å². The first-order valence-corrected chi connectivity index (χ1v) is 7.54. The van der Waals surface area contributed by atoms with Gasteiger partial charge in [0, 0.05) is 38.1 Å². The predicted octanol–water partition coefficient (Wildman–Crippen LogP) is 1.58. The maximum Gasteiger partial charge on any atom is 0.165 e. The Hall–Kier alpha value is -0.490. The number of rotatable bonds is 7. The van der Waals surface area contributed by atoms with Crippen molar-refractivity contribution in [3.63, 3.8) is 0 Å². The lowest BCUT2D eigenvalue weighted by atomic mass is 9.91. The van der Waals surface area contributed by atoms with E-state index in [9.17, 15) is 4.79 Å². The number of hydrogen-bond acceptors (Lipinski definition) is 5. The fourth-order valence-electron chi connectivity index (χ4n) is 1.87. The molecule has 20 heavy (non-hydrogen) atoms. The van der Waals surface area contributed by atoms with E-state index in [1.165, 1.54) is 0 Å². The Balaban J connectivity index is 2.14. The Morgan fingerprint density at radius 3 is 2.25 bits per heavy atom. The zero-order chi connectivity index (χ0) is 15.2. The molecule has 1 heterocycles. The molecule has 1 fully saturated rings. The molecule has 0 aromatic rings. The number of carbonyl (C=O) groups excluding carboxylic acids is 1. The molecular weight excluding hydrogens is 256 g/mol. The van der Waals surface area contributed by atoms with Gasteiger partial charge < -0.3 is 4.74 Å². The van der Waals surface area contributed by atoms with Crippen LogP contribution in [-0.2, 0) is 14.4 Å². The first kappa shape index (κ1) is 17.6. The highest BCUT2D eigenvalue weighted by Crippen LogP contribution is 2.15. The number of nitrogens with zero attached hydrogens (tertiary/aromatic N) is 2. The molecule has 118 valence electrons. The van der Waals surface area contributed by atoms with Gasteiger partial charge in [0.15, 0.2) is 5.78 Å². The minimum Gasteiger partial charge on any atom is -0.377 e. The molecule has 0 saturated carbocycles. The van der Waals surface area contributed by atoms with Gasteiger partial charge in [-0.2, -0.15) is 5.06 Å². The Labute approximate surface area is 123 Å². The average Bonchev–Trinajstić information content (AvgIpc) is 2.36. The van der Waals surface area contributed by atoms with E-state index < -0.39 is 0 Å². The predicted molar refractivity (Wildman–Crippen MR) is 79.5 cm³/mol. The van der Waals surface area contributed by atoms with Crippen molar-refractivity contribution in [2.24, 2.45) is 5.41 Å². The van der Waals surface area contributed by atoms with Crippen LogP contribution in [0.5, 0.6) is 0 Å². The highest BCUT2D eigenvalue weighted by atomic mass is 16.7. The average molecular weight is 286 g/mol.